The van der Waals surface area contributed by atoms with Crippen LogP contribution in [0.5, 0.6) is 0 Å². The molecule has 3 fully saturated rings. The predicted octanol–water partition coefficient (Wildman–Crippen LogP) is 5.39. The Labute approximate surface area is 279 Å². The molecule has 0 aromatic heterocycles. The molecule has 0 bridgehead atoms. The molecule has 47 heavy (non-hydrogen) atoms. The molecule has 262 valence electrons. The summed E-state index contributed by atoms with van der Waals surface area (Å²) in [6, 6.07) is 20.3. The third-order valence-electron chi connectivity index (χ3n) is 9.81. The SMILES string of the molecule is COCOC[C@H]1CC2(C[C@@H](C[C@]3(OC)O[C@H](C[C@H](CCOCc4ccccc4)OCc4ccccc4)C[C@H](O)C3(C)C)O1)OCCO2. The van der Waals surface area contributed by atoms with Gasteiger partial charge in [0.25, 0.3) is 0 Å². The zero-order chi connectivity index (χ0) is 33.2. The number of rotatable bonds is 17. The second-order valence-electron chi connectivity index (χ2n) is 13.5. The average molecular weight is 659 g/mol. The minimum absolute atomic E-state index is 0.157. The molecule has 10 heteroatoms. The van der Waals surface area contributed by atoms with E-state index in [1.807, 2.05) is 50.2 Å². The van der Waals surface area contributed by atoms with Crippen molar-refractivity contribution in [3.63, 3.8) is 0 Å². The van der Waals surface area contributed by atoms with Gasteiger partial charge in [0.1, 0.15) is 6.79 Å². The van der Waals surface area contributed by atoms with Crippen LogP contribution in [0.3, 0.4) is 0 Å². The van der Waals surface area contributed by atoms with Crippen molar-refractivity contribution in [1.29, 1.82) is 0 Å². The Hall–Kier alpha value is -1.96. The number of ether oxygens (including phenoxy) is 9. The molecular formula is C37H54O10. The maximum Gasteiger partial charge on any atom is 0.178 e. The van der Waals surface area contributed by atoms with Crippen LogP contribution in [0, 0.1) is 5.41 Å². The van der Waals surface area contributed by atoms with E-state index in [1.54, 1.807) is 14.2 Å². The lowest BCUT2D eigenvalue weighted by Crippen LogP contribution is -2.63. The fourth-order valence-electron chi connectivity index (χ4n) is 7.11. The number of hydrogen-bond donors (Lipinski definition) is 1. The highest BCUT2D eigenvalue weighted by Crippen LogP contribution is 2.50. The molecule has 0 aliphatic carbocycles. The average Bonchev–Trinajstić information content (AvgIpc) is 3.51. The minimum Gasteiger partial charge on any atom is -0.392 e. The van der Waals surface area contributed by atoms with Crippen LogP contribution in [0.1, 0.15) is 63.5 Å². The van der Waals surface area contributed by atoms with E-state index in [-0.39, 0.29) is 31.2 Å². The molecule has 10 nitrogen and oxygen atoms in total. The van der Waals surface area contributed by atoms with Gasteiger partial charge in [-0.2, -0.15) is 0 Å². The standard InChI is InChI=1S/C37H54O10/c1-35(2)34(38)20-31(19-30(43-25-29-13-9-6-10-14-29)15-16-41-24-28-11-7-5-8-12-28)47-37(35,40-4)23-32-21-36(44-17-18-45-36)22-33(46-32)26-42-27-39-3/h5-14,30-34,38H,15-27H2,1-4H3/t30-,31+,32-,33+,34-,37-/m0/s1. The molecule has 5 rings (SSSR count). The van der Waals surface area contributed by atoms with Crippen molar-refractivity contribution >= 4 is 0 Å². The molecule has 0 radical (unpaired) electrons. The first-order valence-electron chi connectivity index (χ1n) is 16.9. The summed E-state index contributed by atoms with van der Waals surface area (Å²) in [6.07, 6.45) is 1.48. The summed E-state index contributed by atoms with van der Waals surface area (Å²) in [7, 11) is 3.24. The van der Waals surface area contributed by atoms with Gasteiger partial charge in [-0.25, -0.2) is 0 Å². The van der Waals surface area contributed by atoms with E-state index in [1.165, 1.54) is 0 Å². The van der Waals surface area contributed by atoms with E-state index in [4.69, 9.17) is 42.6 Å². The normalized spacial score (nSPS) is 29.2. The Morgan fingerprint density at radius 2 is 1.51 bits per heavy atom. The first-order valence-corrected chi connectivity index (χ1v) is 16.9. The van der Waals surface area contributed by atoms with E-state index in [0.29, 0.717) is 78.2 Å². The summed E-state index contributed by atoms with van der Waals surface area (Å²) in [5.74, 6) is -1.88. The number of aliphatic hydroxyl groups is 1. The monoisotopic (exact) mass is 658 g/mol. The number of hydrogen-bond acceptors (Lipinski definition) is 10. The molecule has 0 unspecified atom stereocenters. The number of methoxy groups -OCH3 is 2. The molecule has 2 aromatic rings. The maximum atomic E-state index is 11.6. The van der Waals surface area contributed by atoms with Gasteiger partial charge >= 0.3 is 0 Å². The summed E-state index contributed by atoms with van der Waals surface area (Å²) in [4.78, 5) is 0. The highest BCUT2D eigenvalue weighted by molar-refractivity contribution is 5.14. The predicted molar refractivity (Wildman–Crippen MR) is 174 cm³/mol. The van der Waals surface area contributed by atoms with Crippen LogP contribution in [0.25, 0.3) is 0 Å². The van der Waals surface area contributed by atoms with Crippen LogP contribution in [-0.4, -0.2) is 94.6 Å². The van der Waals surface area contributed by atoms with Crippen molar-refractivity contribution in [2.24, 2.45) is 5.41 Å². The summed E-state index contributed by atoms with van der Waals surface area (Å²) < 4.78 is 55.3. The maximum absolute atomic E-state index is 11.6. The lowest BCUT2D eigenvalue weighted by molar-refractivity contribution is -0.364. The van der Waals surface area contributed by atoms with Crippen LogP contribution in [0.15, 0.2) is 60.7 Å². The van der Waals surface area contributed by atoms with Crippen molar-refractivity contribution < 1.29 is 47.7 Å². The first kappa shape index (κ1) is 36.3. The van der Waals surface area contributed by atoms with Crippen molar-refractivity contribution in [3.8, 4) is 0 Å². The van der Waals surface area contributed by atoms with Gasteiger partial charge in [-0.1, -0.05) is 74.5 Å². The van der Waals surface area contributed by atoms with Crippen LogP contribution in [-0.2, 0) is 55.8 Å². The lowest BCUT2D eigenvalue weighted by Gasteiger charge is -2.55. The van der Waals surface area contributed by atoms with Crippen LogP contribution < -0.4 is 0 Å². The third-order valence-corrected chi connectivity index (χ3v) is 9.81. The van der Waals surface area contributed by atoms with Crippen molar-refractivity contribution in [2.45, 2.75) is 108 Å². The fraction of sp³-hybridized carbons (Fsp3) is 0.676. The summed E-state index contributed by atoms with van der Waals surface area (Å²) in [6.45, 7) is 7.15. The summed E-state index contributed by atoms with van der Waals surface area (Å²) in [5.41, 5.74) is 1.50. The fourth-order valence-corrected chi connectivity index (χ4v) is 7.11. The summed E-state index contributed by atoms with van der Waals surface area (Å²) >= 11 is 0. The Morgan fingerprint density at radius 3 is 2.17 bits per heavy atom. The van der Waals surface area contributed by atoms with E-state index < -0.39 is 23.1 Å². The molecule has 1 spiro atoms. The zero-order valence-electron chi connectivity index (χ0n) is 28.5. The first-order chi connectivity index (χ1) is 22.8. The Morgan fingerprint density at radius 1 is 0.851 bits per heavy atom. The molecule has 1 N–H and O–H groups in total. The van der Waals surface area contributed by atoms with Gasteiger partial charge in [-0.05, 0) is 17.5 Å². The highest BCUT2D eigenvalue weighted by atomic mass is 16.7. The van der Waals surface area contributed by atoms with Gasteiger partial charge in [0.2, 0.25) is 0 Å². The van der Waals surface area contributed by atoms with Crippen molar-refractivity contribution in [2.75, 3.05) is 47.4 Å². The van der Waals surface area contributed by atoms with Gasteiger partial charge in [-0.15, -0.1) is 0 Å². The van der Waals surface area contributed by atoms with E-state index >= 15 is 0 Å². The smallest absolute Gasteiger partial charge is 0.178 e. The van der Waals surface area contributed by atoms with Crippen molar-refractivity contribution in [1.82, 2.24) is 0 Å². The van der Waals surface area contributed by atoms with E-state index in [9.17, 15) is 5.11 Å². The molecule has 6 atom stereocenters. The van der Waals surface area contributed by atoms with Crippen LogP contribution in [0.4, 0.5) is 0 Å². The topological polar surface area (TPSA) is 103 Å². The quantitative estimate of drug-likeness (QED) is 0.176. The Bertz CT molecular complexity index is 1170. The molecular weight excluding hydrogens is 604 g/mol. The Balaban J connectivity index is 1.28. The zero-order valence-corrected chi connectivity index (χ0v) is 28.5. The third kappa shape index (κ3) is 9.60. The molecule has 3 aliphatic rings. The molecule has 3 heterocycles. The van der Waals surface area contributed by atoms with Crippen molar-refractivity contribution in [3.05, 3.63) is 71.8 Å². The molecule has 3 aliphatic heterocycles. The second kappa shape index (κ2) is 17.1. The minimum atomic E-state index is -1.14. The van der Waals surface area contributed by atoms with Gasteiger partial charge in [-0.3, -0.25) is 0 Å². The van der Waals surface area contributed by atoms with Crippen LogP contribution >= 0.6 is 0 Å². The molecule has 0 amide bonds. The highest BCUT2D eigenvalue weighted by Gasteiger charge is 2.59. The van der Waals surface area contributed by atoms with Gasteiger partial charge in [0.15, 0.2) is 11.6 Å². The van der Waals surface area contributed by atoms with Crippen LogP contribution in [0.2, 0.25) is 0 Å². The number of aliphatic hydroxyl groups excluding tert-OH is 1. The van der Waals surface area contributed by atoms with E-state index in [0.717, 1.165) is 11.1 Å². The molecule has 3 saturated heterocycles. The Kier molecular flexibility index (Phi) is 13.2. The lowest BCUT2D eigenvalue weighted by atomic mass is 9.70. The summed E-state index contributed by atoms with van der Waals surface area (Å²) in [5, 5.41) is 11.6. The largest absolute Gasteiger partial charge is 0.392 e. The van der Waals surface area contributed by atoms with Gasteiger partial charge in [0.05, 0.1) is 63.6 Å². The van der Waals surface area contributed by atoms with E-state index in [2.05, 4.69) is 24.3 Å². The van der Waals surface area contributed by atoms with Gasteiger partial charge < -0.3 is 47.7 Å². The second-order valence-corrected chi connectivity index (χ2v) is 13.5. The number of benzene rings is 2. The van der Waals surface area contributed by atoms with Gasteiger partial charge in [0, 0.05) is 58.3 Å². The molecule has 2 aromatic carbocycles. The molecule has 0 saturated carbocycles.